The van der Waals surface area contributed by atoms with Gasteiger partial charge < -0.3 is 4.74 Å². The number of hydrogen-bond donors (Lipinski definition) is 0. The van der Waals surface area contributed by atoms with E-state index in [2.05, 4.69) is 57.5 Å². The average molecular weight is 538 g/mol. The topological polar surface area (TPSA) is 26.3 Å². The van der Waals surface area contributed by atoms with E-state index in [-0.39, 0.29) is 12.1 Å². The Balaban J connectivity index is 1.41. The standard InChI is InChI=1S/C31H53BrO2/c1-7-22(20(2)3)9-8-21(4)26-12-13-27-25-11-10-23-18-24(34-29(33)19-32)14-16-30(23,5)28(25)15-17-31(26,27)6/h20-28H,7-19H2,1-6H3/t21-,22-,23+,24+,25+,26-,27+,28+,30+,31-/m1/s1. The van der Waals surface area contributed by atoms with E-state index in [1.54, 1.807) is 0 Å². The molecule has 0 bridgehead atoms. The first-order chi connectivity index (χ1) is 16.1. The van der Waals surface area contributed by atoms with E-state index in [0.29, 0.717) is 16.2 Å². The van der Waals surface area contributed by atoms with E-state index < -0.39 is 0 Å². The van der Waals surface area contributed by atoms with Crippen LogP contribution in [0.5, 0.6) is 0 Å². The fraction of sp³-hybridized carbons (Fsp3) is 0.968. The molecule has 4 rings (SSSR count). The Morgan fingerprint density at radius 1 is 0.941 bits per heavy atom. The number of halogens is 1. The SMILES string of the molecule is CC[C@H](CC[C@@H](C)[C@H]1CC[C@H]2[C@@H]3CC[C@H]4C[C@@H](OC(=O)CBr)CC[C@]4(C)[C@H]3CC[C@]12C)C(C)C. The van der Waals surface area contributed by atoms with E-state index in [0.717, 1.165) is 60.2 Å². The number of carbonyl (C=O) groups is 1. The Labute approximate surface area is 219 Å². The number of ether oxygens (including phenoxy) is 1. The zero-order chi connectivity index (χ0) is 24.7. The van der Waals surface area contributed by atoms with Crippen LogP contribution < -0.4 is 0 Å². The molecule has 0 aliphatic heterocycles. The fourth-order valence-corrected chi connectivity index (χ4v) is 10.3. The van der Waals surface area contributed by atoms with Crippen LogP contribution in [0.4, 0.5) is 0 Å². The van der Waals surface area contributed by atoms with E-state index >= 15 is 0 Å². The molecule has 0 aromatic heterocycles. The third-order valence-corrected chi connectivity index (χ3v) is 12.7. The summed E-state index contributed by atoms with van der Waals surface area (Å²) in [6.07, 6.45) is 16.5. The third-order valence-electron chi connectivity index (χ3n) is 12.2. The normalized spacial score (nSPS) is 43.5. The van der Waals surface area contributed by atoms with Crippen molar-refractivity contribution in [2.45, 2.75) is 125 Å². The molecular formula is C31H53BrO2. The van der Waals surface area contributed by atoms with Gasteiger partial charge in [-0.15, -0.1) is 0 Å². The Kier molecular flexibility index (Phi) is 8.53. The van der Waals surface area contributed by atoms with Crippen molar-refractivity contribution in [2.75, 3.05) is 5.33 Å². The van der Waals surface area contributed by atoms with Crippen molar-refractivity contribution in [3.8, 4) is 0 Å². The molecular weight excluding hydrogens is 484 g/mol. The minimum atomic E-state index is -0.0829. The minimum Gasteiger partial charge on any atom is -0.462 e. The summed E-state index contributed by atoms with van der Waals surface area (Å²) in [4.78, 5) is 11.9. The number of carbonyl (C=O) groups excluding carboxylic acids is 1. The quantitative estimate of drug-likeness (QED) is 0.228. The van der Waals surface area contributed by atoms with Gasteiger partial charge in [-0.1, -0.05) is 70.3 Å². The van der Waals surface area contributed by atoms with Crippen LogP contribution in [0, 0.1) is 58.2 Å². The smallest absolute Gasteiger partial charge is 0.316 e. The number of hydrogen-bond acceptors (Lipinski definition) is 2. The lowest BCUT2D eigenvalue weighted by Crippen LogP contribution is -2.54. The average Bonchev–Trinajstić information content (AvgIpc) is 3.16. The van der Waals surface area contributed by atoms with Gasteiger partial charge in [-0.05, 0) is 122 Å². The molecule has 0 radical (unpaired) electrons. The molecule has 34 heavy (non-hydrogen) atoms. The summed E-state index contributed by atoms with van der Waals surface area (Å²) in [6, 6.07) is 0. The van der Waals surface area contributed by atoms with Gasteiger partial charge in [-0.2, -0.15) is 0 Å². The molecule has 0 N–H and O–H groups in total. The van der Waals surface area contributed by atoms with Crippen LogP contribution in [0.15, 0.2) is 0 Å². The summed E-state index contributed by atoms with van der Waals surface area (Å²) in [7, 11) is 0. The van der Waals surface area contributed by atoms with Gasteiger partial charge in [0.25, 0.3) is 0 Å². The van der Waals surface area contributed by atoms with E-state index in [9.17, 15) is 4.79 Å². The number of alkyl halides is 1. The third kappa shape index (κ3) is 4.91. The predicted molar refractivity (Wildman–Crippen MR) is 146 cm³/mol. The van der Waals surface area contributed by atoms with E-state index in [4.69, 9.17) is 4.74 Å². The zero-order valence-electron chi connectivity index (χ0n) is 23.1. The van der Waals surface area contributed by atoms with Crippen LogP contribution in [0.2, 0.25) is 0 Å². The van der Waals surface area contributed by atoms with Crippen LogP contribution >= 0.6 is 15.9 Å². The summed E-state index contributed by atoms with van der Waals surface area (Å²) in [5.74, 6) is 7.01. The highest BCUT2D eigenvalue weighted by atomic mass is 79.9. The summed E-state index contributed by atoms with van der Waals surface area (Å²) >= 11 is 3.26. The molecule has 4 aliphatic carbocycles. The highest BCUT2D eigenvalue weighted by Crippen LogP contribution is 2.68. The van der Waals surface area contributed by atoms with Gasteiger partial charge in [0.1, 0.15) is 11.4 Å². The molecule has 10 atom stereocenters. The van der Waals surface area contributed by atoms with Crippen molar-refractivity contribution in [1.82, 2.24) is 0 Å². The van der Waals surface area contributed by atoms with Crippen LogP contribution in [0.1, 0.15) is 119 Å². The van der Waals surface area contributed by atoms with Gasteiger partial charge in [0.05, 0.1) is 0 Å². The number of esters is 1. The van der Waals surface area contributed by atoms with Gasteiger partial charge in [-0.3, -0.25) is 4.79 Å². The van der Waals surface area contributed by atoms with Crippen molar-refractivity contribution in [2.24, 2.45) is 58.2 Å². The van der Waals surface area contributed by atoms with Crippen molar-refractivity contribution < 1.29 is 9.53 Å². The molecule has 0 aromatic rings. The van der Waals surface area contributed by atoms with Crippen molar-refractivity contribution in [3.63, 3.8) is 0 Å². The molecule has 196 valence electrons. The molecule has 4 saturated carbocycles. The predicted octanol–water partition coefficient (Wildman–Crippen LogP) is 9.05. The first-order valence-corrected chi connectivity index (χ1v) is 16.0. The Morgan fingerprint density at radius 2 is 1.65 bits per heavy atom. The molecule has 0 unspecified atom stereocenters. The van der Waals surface area contributed by atoms with Crippen molar-refractivity contribution >= 4 is 21.9 Å². The summed E-state index contributed by atoms with van der Waals surface area (Å²) in [6.45, 7) is 15.2. The largest absolute Gasteiger partial charge is 0.462 e. The Bertz CT molecular complexity index is 706. The summed E-state index contributed by atoms with van der Waals surface area (Å²) < 4.78 is 5.77. The van der Waals surface area contributed by atoms with Crippen LogP contribution in [-0.4, -0.2) is 17.4 Å². The van der Waals surface area contributed by atoms with E-state index in [1.807, 2.05) is 0 Å². The first-order valence-electron chi connectivity index (χ1n) is 14.9. The van der Waals surface area contributed by atoms with Crippen LogP contribution in [0.25, 0.3) is 0 Å². The lowest BCUT2D eigenvalue weighted by molar-refractivity contribution is -0.160. The summed E-state index contributed by atoms with van der Waals surface area (Å²) in [5.41, 5.74) is 1.04. The first kappa shape index (κ1) is 27.0. The van der Waals surface area contributed by atoms with Crippen LogP contribution in [-0.2, 0) is 9.53 Å². The monoisotopic (exact) mass is 536 g/mol. The molecule has 0 amide bonds. The second-order valence-corrected chi connectivity index (χ2v) is 14.4. The number of rotatable bonds is 8. The molecule has 0 aromatic carbocycles. The van der Waals surface area contributed by atoms with Gasteiger partial charge in [0.2, 0.25) is 0 Å². The Morgan fingerprint density at radius 3 is 2.32 bits per heavy atom. The molecule has 0 saturated heterocycles. The highest BCUT2D eigenvalue weighted by Gasteiger charge is 2.60. The van der Waals surface area contributed by atoms with E-state index in [1.165, 1.54) is 64.2 Å². The molecule has 2 nitrogen and oxygen atoms in total. The zero-order valence-corrected chi connectivity index (χ0v) is 24.7. The second kappa shape index (κ2) is 10.7. The van der Waals surface area contributed by atoms with Gasteiger partial charge in [0, 0.05) is 0 Å². The molecule has 4 aliphatic rings. The lowest BCUT2D eigenvalue weighted by Gasteiger charge is -2.61. The molecule has 0 heterocycles. The van der Waals surface area contributed by atoms with Crippen LogP contribution in [0.3, 0.4) is 0 Å². The highest BCUT2D eigenvalue weighted by molar-refractivity contribution is 9.09. The fourth-order valence-electron chi connectivity index (χ4n) is 10.2. The van der Waals surface area contributed by atoms with Crippen molar-refractivity contribution in [1.29, 1.82) is 0 Å². The molecule has 3 heteroatoms. The summed E-state index contributed by atoms with van der Waals surface area (Å²) in [5, 5.41) is 0.326. The maximum absolute atomic E-state index is 11.9. The maximum Gasteiger partial charge on any atom is 0.316 e. The minimum absolute atomic E-state index is 0.0829. The number of fused-ring (bicyclic) bond motifs is 5. The molecule has 4 fully saturated rings. The lowest BCUT2D eigenvalue weighted by atomic mass is 9.44. The second-order valence-electron chi connectivity index (χ2n) is 13.9. The Hall–Kier alpha value is -0.0500. The molecule has 0 spiro atoms. The van der Waals surface area contributed by atoms with Crippen molar-refractivity contribution in [3.05, 3.63) is 0 Å². The van der Waals surface area contributed by atoms with Gasteiger partial charge in [0.15, 0.2) is 0 Å². The van der Waals surface area contributed by atoms with Gasteiger partial charge >= 0.3 is 5.97 Å². The van der Waals surface area contributed by atoms with Gasteiger partial charge in [-0.25, -0.2) is 0 Å². The maximum atomic E-state index is 11.9.